The average molecular weight is 262 g/mol. The molecule has 0 atom stereocenters. The zero-order valence-corrected chi connectivity index (χ0v) is 9.97. The fourth-order valence-corrected chi connectivity index (χ4v) is 2.49. The van der Waals surface area contributed by atoms with Gasteiger partial charge >= 0.3 is 0 Å². The molecule has 0 amide bonds. The predicted octanol–water partition coefficient (Wildman–Crippen LogP) is 1.35. The molecule has 1 rings (SSSR count). The Hall–Kier alpha value is -1.47. The summed E-state index contributed by atoms with van der Waals surface area (Å²) in [4.78, 5) is -1.00. The van der Waals surface area contributed by atoms with E-state index in [1.165, 1.54) is 13.1 Å². The van der Waals surface area contributed by atoms with Crippen molar-refractivity contribution >= 4 is 15.7 Å². The Kier molecular flexibility index (Phi) is 3.84. The lowest BCUT2D eigenvalue weighted by molar-refractivity contribution is 0.471. The van der Waals surface area contributed by atoms with Crippen LogP contribution in [0.1, 0.15) is 0 Å². The minimum absolute atomic E-state index is 0.0500. The number of halogens is 2. The van der Waals surface area contributed by atoms with E-state index in [1.54, 1.807) is 0 Å². The van der Waals surface area contributed by atoms with Gasteiger partial charge in [-0.3, -0.25) is 0 Å². The van der Waals surface area contributed by atoms with E-state index in [0.29, 0.717) is 0 Å². The molecule has 0 spiro atoms. The van der Waals surface area contributed by atoms with E-state index in [9.17, 15) is 17.2 Å². The highest BCUT2D eigenvalue weighted by Gasteiger charge is 2.28. The first-order valence-corrected chi connectivity index (χ1v) is 6.06. The Morgan fingerprint density at radius 1 is 1.41 bits per heavy atom. The molecule has 0 radical (unpaired) electrons. The Morgan fingerprint density at radius 3 is 2.29 bits per heavy atom. The van der Waals surface area contributed by atoms with Crippen molar-refractivity contribution in [3.05, 3.63) is 36.4 Å². The Bertz CT molecular complexity index is 520. The summed E-state index contributed by atoms with van der Waals surface area (Å²) in [7, 11) is -3.02. The zero-order chi connectivity index (χ0) is 13.2. The summed E-state index contributed by atoms with van der Waals surface area (Å²) in [5.74, 6) is -2.42. The standard InChI is InChI=1S/C10H12F2N2O2S/c1-3-4-14(2)17(15,16)10-8(11)5-7(13)6-9(10)12/h3,5-6H,1,4,13H2,2H3. The molecule has 0 unspecified atom stereocenters. The summed E-state index contributed by atoms with van der Waals surface area (Å²) in [6, 6.07) is 1.52. The molecule has 0 heterocycles. The van der Waals surface area contributed by atoms with Crippen molar-refractivity contribution < 1.29 is 17.2 Å². The molecule has 0 bridgehead atoms. The Morgan fingerprint density at radius 2 is 1.88 bits per heavy atom. The third kappa shape index (κ3) is 2.62. The van der Waals surface area contributed by atoms with Crippen molar-refractivity contribution in [1.29, 1.82) is 0 Å². The van der Waals surface area contributed by atoms with Gasteiger partial charge in [-0.2, -0.15) is 4.31 Å². The van der Waals surface area contributed by atoms with Crippen molar-refractivity contribution in [2.24, 2.45) is 0 Å². The Balaban J connectivity index is 3.39. The van der Waals surface area contributed by atoms with Gasteiger partial charge in [0.2, 0.25) is 10.0 Å². The van der Waals surface area contributed by atoms with E-state index in [-0.39, 0.29) is 12.2 Å². The number of benzene rings is 1. The maximum absolute atomic E-state index is 13.5. The molecule has 4 nitrogen and oxygen atoms in total. The summed E-state index contributed by atoms with van der Waals surface area (Å²) in [6.07, 6.45) is 1.31. The highest BCUT2D eigenvalue weighted by atomic mass is 32.2. The molecule has 0 saturated carbocycles. The number of nitrogens with zero attached hydrogens (tertiary/aromatic N) is 1. The van der Waals surface area contributed by atoms with Gasteiger partial charge in [0.15, 0.2) is 4.90 Å². The van der Waals surface area contributed by atoms with E-state index in [4.69, 9.17) is 5.73 Å². The summed E-state index contributed by atoms with van der Waals surface area (Å²) in [6.45, 7) is 3.30. The quantitative estimate of drug-likeness (QED) is 0.658. The van der Waals surface area contributed by atoms with Crippen LogP contribution in [0.25, 0.3) is 0 Å². The molecule has 2 N–H and O–H groups in total. The first-order valence-electron chi connectivity index (χ1n) is 4.62. The SMILES string of the molecule is C=CCN(C)S(=O)(=O)c1c(F)cc(N)cc1F. The second kappa shape index (κ2) is 4.80. The number of sulfonamides is 1. The highest BCUT2D eigenvalue weighted by molar-refractivity contribution is 7.89. The monoisotopic (exact) mass is 262 g/mol. The number of likely N-dealkylation sites (N-methyl/N-ethyl adjacent to an activating group) is 1. The van der Waals surface area contributed by atoms with Crippen LogP contribution in [0, 0.1) is 11.6 Å². The summed E-state index contributed by atoms with van der Waals surface area (Å²) >= 11 is 0. The van der Waals surface area contributed by atoms with Gasteiger partial charge in [0.05, 0.1) is 0 Å². The highest BCUT2D eigenvalue weighted by Crippen LogP contribution is 2.24. The van der Waals surface area contributed by atoms with Gasteiger partial charge in [0, 0.05) is 19.3 Å². The molecule has 0 aliphatic rings. The number of hydrogen-bond acceptors (Lipinski definition) is 3. The molecule has 1 aromatic rings. The van der Waals surface area contributed by atoms with Crippen molar-refractivity contribution in [2.45, 2.75) is 4.90 Å². The third-order valence-electron chi connectivity index (χ3n) is 2.08. The van der Waals surface area contributed by atoms with E-state index in [2.05, 4.69) is 6.58 Å². The molecule has 94 valence electrons. The van der Waals surface area contributed by atoms with Crippen molar-refractivity contribution in [2.75, 3.05) is 19.3 Å². The first-order chi connectivity index (χ1) is 7.80. The van der Waals surface area contributed by atoms with Gasteiger partial charge in [0.1, 0.15) is 11.6 Å². The first kappa shape index (κ1) is 13.6. The predicted molar refractivity (Wildman–Crippen MR) is 60.8 cm³/mol. The topological polar surface area (TPSA) is 63.4 Å². The average Bonchev–Trinajstić information content (AvgIpc) is 2.15. The van der Waals surface area contributed by atoms with Crippen LogP contribution in [0.4, 0.5) is 14.5 Å². The van der Waals surface area contributed by atoms with Gasteiger partial charge in [-0.05, 0) is 12.1 Å². The molecule has 0 aromatic heterocycles. The third-order valence-corrected chi connectivity index (χ3v) is 3.95. The molecule has 0 aliphatic heterocycles. The van der Waals surface area contributed by atoms with Gasteiger partial charge in [-0.15, -0.1) is 6.58 Å². The number of nitrogen functional groups attached to an aromatic ring is 1. The van der Waals surface area contributed by atoms with Gasteiger partial charge in [-0.25, -0.2) is 17.2 Å². The van der Waals surface area contributed by atoms with Gasteiger partial charge in [-0.1, -0.05) is 6.08 Å². The van der Waals surface area contributed by atoms with Gasteiger partial charge < -0.3 is 5.73 Å². The molecular formula is C10H12F2N2O2S. The van der Waals surface area contributed by atoms with E-state index in [0.717, 1.165) is 16.4 Å². The van der Waals surface area contributed by atoms with Crippen LogP contribution >= 0.6 is 0 Å². The number of anilines is 1. The summed E-state index contributed by atoms with van der Waals surface area (Å²) in [5.41, 5.74) is 5.03. The van der Waals surface area contributed by atoms with Crippen LogP contribution < -0.4 is 5.73 Å². The smallest absolute Gasteiger partial charge is 0.248 e. The lowest BCUT2D eigenvalue weighted by atomic mass is 10.3. The van der Waals surface area contributed by atoms with Crippen LogP contribution in [0.3, 0.4) is 0 Å². The molecule has 1 aromatic carbocycles. The van der Waals surface area contributed by atoms with Crippen molar-refractivity contribution in [3.8, 4) is 0 Å². The second-order valence-electron chi connectivity index (χ2n) is 3.39. The molecule has 0 saturated heterocycles. The van der Waals surface area contributed by atoms with E-state index < -0.39 is 26.6 Å². The Labute approximate surface area is 98.4 Å². The fraction of sp³-hybridized carbons (Fsp3) is 0.200. The van der Waals surface area contributed by atoms with E-state index in [1.807, 2.05) is 0 Å². The number of hydrogen-bond donors (Lipinski definition) is 1. The molecule has 0 fully saturated rings. The maximum atomic E-state index is 13.5. The molecule has 17 heavy (non-hydrogen) atoms. The van der Waals surface area contributed by atoms with Crippen LogP contribution in [0.15, 0.2) is 29.7 Å². The lowest BCUT2D eigenvalue weighted by Gasteiger charge is -2.16. The summed E-state index contributed by atoms with van der Waals surface area (Å²) < 4.78 is 51.4. The molecular weight excluding hydrogens is 250 g/mol. The summed E-state index contributed by atoms with van der Waals surface area (Å²) in [5, 5.41) is 0. The minimum atomic E-state index is -4.22. The second-order valence-corrected chi connectivity index (χ2v) is 5.37. The van der Waals surface area contributed by atoms with Crippen LogP contribution in [0.5, 0.6) is 0 Å². The largest absolute Gasteiger partial charge is 0.399 e. The van der Waals surface area contributed by atoms with Gasteiger partial charge in [0.25, 0.3) is 0 Å². The fourth-order valence-electron chi connectivity index (χ4n) is 1.26. The zero-order valence-electron chi connectivity index (χ0n) is 9.15. The van der Waals surface area contributed by atoms with E-state index >= 15 is 0 Å². The maximum Gasteiger partial charge on any atom is 0.248 e. The lowest BCUT2D eigenvalue weighted by Crippen LogP contribution is -2.28. The van der Waals surface area contributed by atoms with Crippen molar-refractivity contribution in [3.63, 3.8) is 0 Å². The van der Waals surface area contributed by atoms with Crippen LogP contribution in [-0.2, 0) is 10.0 Å². The number of nitrogens with two attached hydrogens (primary N) is 1. The van der Waals surface area contributed by atoms with Crippen LogP contribution in [0.2, 0.25) is 0 Å². The normalized spacial score (nSPS) is 11.8. The minimum Gasteiger partial charge on any atom is -0.399 e. The molecule has 7 heteroatoms. The van der Waals surface area contributed by atoms with Crippen molar-refractivity contribution in [1.82, 2.24) is 4.31 Å². The van der Waals surface area contributed by atoms with Crippen LogP contribution in [-0.4, -0.2) is 26.3 Å². The molecule has 0 aliphatic carbocycles. The number of rotatable bonds is 4.